The Labute approximate surface area is 95.9 Å². The highest BCUT2D eigenvalue weighted by Gasteiger charge is 2.35. The molecule has 16 heavy (non-hydrogen) atoms. The Morgan fingerprint density at radius 1 is 1.56 bits per heavy atom. The van der Waals surface area contributed by atoms with E-state index in [4.69, 9.17) is 0 Å². The summed E-state index contributed by atoms with van der Waals surface area (Å²) in [6.07, 6.45) is 4.90. The predicted molar refractivity (Wildman–Crippen MR) is 60.9 cm³/mol. The van der Waals surface area contributed by atoms with Gasteiger partial charge in [0.25, 0.3) is 0 Å². The fourth-order valence-electron chi connectivity index (χ4n) is 2.09. The lowest BCUT2D eigenvalue weighted by atomic mass is 9.77. The van der Waals surface area contributed by atoms with Crippen LogP contribution in [0, 0.1) is 0 Å². The van der Waals surface area contributed by atoms with E-state index in [-0.39, 0.29) is 12.1 Å². The van der Waals surface area contributed by atoms with Gasteiger partial charge in [-0.1, -0.05) is 0 Å². The molecule has 1 heterocycles. The molecule has 1 aliphatic carbocycles. The Hall–Kier alpha value is -0.940. The van der Waals surface area contributed by atoms with Crippen LogP contribution < -0.4 is 5.32 Å². The lowest BCUT2D eigenvalue weighted by Gasteiger charge is -2.41. The van der Waals surface area contributed by atoms with Gasteiger partial charge >= 0.3 is 0 Å². The molecule has 1 fully saturated rings. The minimum atomic E-state index is -0.0617. The third-order valence-corrected chi connectivity index (χ3v) is 3.37. The lowest BCUT2D eigenvalue weighted by molar-refractivity contribution is 0.0859. The molecule has 1 aliphatic rings. The van der Waals surface area contributed by atoms with Gasteiger partial charge < -0.3 is 10.4 Å². The van der Waals surface area contributed by atoms with Crippen molar-refractivity contribution in [3.8, 4) is 0 Å². The SMILES string of the molecule is CC(C)n1ncnc1CNC1(CO)CCC1. The van der Waals surface area contributed by atoms with Gasteiger partial charge in [0.1, 0.15) is 12.2 Å². The van der Waals surface area contributed by atoms with Gasteiger partial charge in [-0.25, -0.2) is 9.67 Å². The second-order valence-corrected chi connectivity index (χ2v) is 4.86. The number of aliphatic hydroxyl groups is 1. The van der Waals surface area contributed by atoms with E-state index in [1.165, 1.54) is 6.42 Å². The molecular weight excluding hydrogens is 204 g/mol. The fraction of sp³-hybridized carbons (Fsp3) is 0.818. The summed E-state index contributed by atoms with van der Waals surface area (Å²) in [5.74, 6) is 0.940. The van der Waals surface area contributed by atoms with Crippen molar-refractivity contribution in [2.24, 2.45) is 0 Å². The molecular formula is C11H20N4O. The monoisotopic (exact) mass is 224 g/mol. The van der Waals surface area contributed by atoms with Crippen LogP contribution in [0.4, 0.5) is 0 Å². The smallest absolute Gasteiger partial charge is 0.141 e. The van der Waals surface area contributed by atoms with E-state index in [0.717, 1.165) is 18.7 Å². The van der Waals surface area contributed by atoms with E-state index < -0.39 is 0 Å². The van der Waals surface area contributed by atoms with Crippen molar-refractivity contribution in [3.05, 3.63) is 12.2 Å². The molecule has 0 aromatic carbocycles. The Balaban J connectivity index is 1.96. The van der Waals surface area contributed by atoms with Crippen LogP contribution in [-0.4, -0.2) is 32.0 Å². The van der Waals surface area contributed by atoms with Crippen LogP contribution in [0.5, 0.6) is 0 Å². The average molecular weight is 224 g/mol. The first-order valence-corrected chi connectivity index (χ1v) is 5.91. The minimum absolute atomic E-state index is 0.0617. The van der Waals surface area contributed by atoms with Gasteiger partial charge in [0.05, 0.1) is 13.2 Å². The van der Waals surface area contributed by atoms with Crippen molar-refractivity contribution in [2.45, 2.75) is 51.2 Å². The summed E-state index contributed by atoms with van der Waals surface area (Å²) >= 11 is 0. The molecule has 1 aromatic rings. The Morgan fingerprint density at radius 2 is 2.31 bits per heavy atom. The quantitative estimate of drug-likeness (QED) is 0.779. The number of nitrogens with one attached hydrogen (secondary N) is 1. The van der Waals surface area contributed by atoms with E-state index in [2.05, 4.69) is 29.2 Å². The molecule has 5 nitrogen and oxygen atoms in total. The van der Waals surface area contributed by atoms with Gasteiger partial charge in [-0.2, -0.15) is 5.10 Å². The Kier molecular flexibility index (Phi) is 3.25. The van der Waals surface area contributed by atoms with Crippen LogP contribution in [0.2, 0.25) is 0 Å². The maximum absolute atomic E-state index is 9.34. The molecule has 0 aliphatic heterocycles. The first-order valence-electron chi connectivity index (χ1n) is 5.91. The van der Waals surface area contributed by atoms with Crippen molar-refractivity contribution >= 4 is 0 Å². The van der Waals surface area contributed by atoms with Crippen molar-refractivity contribution in [1.29, 1.82) is 0 Å². The average Bonchev–Trinajstić information content (AvgIpc) is 2.65. The van der Waals surface area contributed by atoms with Crippen LogP contribution in [0.1, 0.15) is 45.0 Å². The highest BCUT2D eigenvalue weighted by Crippen LogP contribution is 2.31. The topological polar surface area (TPSA) is 63.0 Å². The molecule has 0 atom stereocenters. The number of aromatic nitrogens is 3. The second kappa shape index (κ2) is 4.51. The molecule has 2 rings (SSSR count). The molecule has 0 radical (unpaired) electrons. The summed E-state index contributed by atoms with van der Waals surface area (Å²) in [5, 5.41) is 16.9. The second-order valence-electron chi connectivity index (χ2n) is 4.86. The zero-order valence-corrected chi connectivity index (χ0v) is 9.98. The molecule has 0 spiro atoms. The molecule has 1 aromatic heterocycles. The number of rotatable bonds is 5. The van der Waals surface area contributed by atoms with Crippen LogP contribution >= 0.6 is 0 Å². The molecule has 0 saturated heterocycles. The molecule has 2 N–H and O–H groups in total. The third-order valence-electron chi connectivity index (χ3n) is 3.37. The highest BCUT2D eigenvalue weighted by molar-refractivity contribution is 4.97. The molecule has 5 heteroatoms. The largest absolute Gasteiger partial charge is 0.394 e. The van der Waals surface area contributed by atoms with E-state index in [9.17, 15) is 5.11 Å². The maximum Gasteiger partial charge on any atom is 0.141 e. The van der Waals surface area contributed by atoms with Gasteiger partial charge in [0.2, 0.25) is 0 Å². The van der Waals surface area contributed by atoms with Crippen molar-refractivity contribution < 1.29 is 5.11 Å². The van der Waals surface area contributed by atoms with Crippen LogP contribution in [0.25, 0.3) is 0 Å². The zero-order valence-electron chi connectivity index (χ0n) is 9.98. The van der Waals surface area contributed by atoms with Crippen molar-refractivity contribution in [2.75, 3.05) is 6.61 Å². The Morgan fingerprint density at radius 3 is 2.81 bits per heavy atom. The van der Waals surface area contributed by atoms with Crippen LogP contribution in [0.3, 0.4) is 0 Å². The van der Waals surface area contributed by atoms with Crippen molar-refractivity contribution in [3.63, 3.8) is 0 Å². The number of hydrogen-bond acceptors (Lipinski definition) is 4. The summed E-state index contributed by atoms with van der Waals surface area (Å²) in [4.78, 5) is 4.24. The first kappa shape index (κ1) is 11.5. The molecule has 90 valence electrons. The normalized spacial score (nSPS) is 18.8. The predicted octanol–water partition coefficient (Wildman–Crippen LogP) is 0.864. The van der Waals surface area contributed by atoms with E-state index in [0.29, 0.717) is 12.6 Å². The maximum atomic E-state index is 9.34. The summed E-state index contributed by atoms with van der Waals surface area (Å²) in [7, 11) is 0. The van der Waals surface area contributed by atoms with E-state index in [1.54, 1.807) is 6.33 Å². The van der Waals surface area contributed by atoms with Gasteiger partial charge in [-0.3, -0.25) is 0 Å². The van der Waals surface area contributed by atoms with Crippen LogP contribution in [-0.2, 0) is 6.54 Å². The number of nitrogens with zero attached hydrogens (tertiary/aromatic N) is 3. The summed E-state index contributed by atoms with van der Waals surface area (Å²) in [6, 6.07) is 0.325. The van der Waals surface area contributed by atoms with Gasteiger partial charge in [-0.15, -0.1) is 0 Å². The van der Waals surface area contributed by atoms with Gasteiger partial charge in [0, 0.05) is 11.6 Å². The number of aliphatic hydroxyl groups excluding tert-OH is 1. The lowest BCUT2D eigenvalue weighted by Crippen LogP contribution is -2.53. The standard InChI is InChI=1S/C11H20N4O/c1-9(2)15-10(12-8-14-15)6-13-11(7-16)4-3-5-11/h8-9,13,16H,3-7H2,1-2H3. The molecule has 0 bridgehead atoms. The zero-order chi connectivity index (χ0) is 11.6. The molecule has 0 unspecified atom stereocenters. The van der Waals surface area contributed by atoms with E-state index in [1.807, 2.05) is 4.68 Å². The highest BCUT2D eigenvalue weighted by atomic mass is 16.3. The first-order chi connectivity index (χ1) is 7.67. The molecule has 0 amide bonds. The Bertz CT molecular complexity index is 338. The molecule has 1 saturated carbocycles. The summed E-state index contributed by atoms with van der Waals surface area (Å²) < 4.78 is 1.91. The summed E-state index contributed by atoms with van der Waals surface area (Å²) in [6.45, 7) is 5.06. The van der Waals surface area contributed by atoms with Gasteiger partial charge in [0.15, 0.2) is 0 Å². The minimum Gasteiger partial charge on any atom is -0.394 e. The fourth-order valence-corrected chi connectivity index (χ4v) is 2.09. The summed E-state index contributed by atoms with van der Waals surface area (Å²) in [5.41, 5.74) is -0.0617. The van der Waals surface area contributed by atoms with Gasteiger partial charge in [-0.05, 0) is 33.1 Å². The third kappa shape index (κ3) is 2.10. The number of hydrogen-bond donors (Lipinski definition) is 2. The van der Waals surface area contributed by atoms with E-state index >= 15 is 0 Å². The van der Waals surface area contributed by atoms with Crippen LogP contribution in [0.15, 0.2) is 6.33 Å². The van der Waals surface area contributed by atoms with Crippen molar-refractivity contribution in [1.82, 2.24) is 20.1 Å².